The van der Waals surface area contributed by atoms with Crippen LogP contribution in [-0.4, -0.2) is 35.8 Å². The molecule has 0 unspecified atom stereocenters. The third kappa shape index (κ3) is 7.77. The summed E-state index contributed by atoms with van der Waals surface area (Å²) in [6.45, 7) is 7.94. The highest BCUT2D eigenvalue weighted by Gasteiger charge is 2.24. The summed E-state index contributed by atoms with van der Waals surface area (Å²) in [5.74, 6) is -1.72. The molecule has 2 aromatic carbocycles. The quantitative estimate of drug-likeness (QED) is 0.497. The average molecular weight is 483 g/mol. The van der Waals surface area contributed by atoms with Crippen molar-refractivity contribution in [3.63, 3.8) is 0 Å². The van der Waals surface area contributed by atoms with Crippen LogP contribution >= 0.6 is 11.5 Å². The van der Waals surface area contributed by atoms with E-state index >= 15 is 0 Å². The largest absolute Gasteiger partial charge is 0.299 e. The van der Waals surface area contributed by atoms with Crippen molar-refractivity contribution in [3.8, 4) is 0 Å². The summed E-state index contributed by atoms with van der Waals surface area (Å²) in [6.07, 6.45) is 4.37. The van der Waals surface area contributed by atoms with Gasteiger partial charge >= 0.3 is 0 Å². The number of hydrogen-bond donors (Lipinski definition) is 1. The summed E-state index contributed by atoms with van der Waals surface area (Å²) in [5, 5.41) is -0.00722. The molecule has 174 valence electrons. The molecule has 1 aliphatic heterocycles. The second kappa shape index (κ2) is 13.0. The van der Waals surface area contributed by atoms with Gasteiger partial charge in [-0.05, 0) is 38.1 Å². The van der Waals surface area contributed by atoms with E-state index in [9.17, 15) is 17.2 Å². The van der Waals surface area contributed by atoms with E-state index in [0.717, 1.165) is 56.0 Å². The maximum atomic E-state index is 14.3. The number of hydrogen-bond acceptors (Lipinski definition) is 6. The Hall–Kier alpha value is -2.69. The van der Waals surface area contributed by atoms with E-state index in [1.165, 1.54) is 6.33 Å². The fraction of sp³-hybridized carbons (Fsp3) is 0.273. The minimum Gasteiger partial charge on any atom is -0.299 e. The molecule has 0 amide bonds. The molecule has 6 nitrogen and oxygen atoms in total. The standard InChI is InChI=1S/C14H16F2N4O2S2.C6H6.C2H4.H2/c15-11-7-13(24(21,22)19-14-17-9-18-23-14)12(16)6-10(11)8-20-4-2-1-3-5-20;1-2-4-6-5-3-1;1-2;/h6-7,9H,1-5,8H2,(H,17,18,19);1-6H;1-2H2;1H. The number of likely N-dealkylation sites (tertiary alicyclic amines) is 1. The van der Waals surface area contributed by atoms with E-state index in [2.05, 4.69) is 27.2 Å². The van der Waals surface area contributed by atoms with Gasteiger partial charge in [0.05, 0.1) is 0 Å². The number of benzene rings is 2. The normalized spacial score (nSPS) is 13.8. The summed E-state index contributed by atoms with van der Waals surface area (Å²) in [5.41, 5.74) is 0.157. The highest BCUT2D eigenvalue weighted by molar-refractivity contribution is 7.93. The fourth-order valence-electron chi connectivity index (χ4n) is 3.03. The van der Waals surface area contributed by atoms with E-state index in [0.29, 0.717) is 0 Å². The Balaban J connectivity index is 0.000000519. The number of sulfonamides is 1. The van der Waals surface area contributed by atoms with Gasteiger partial charge in [0.15, 0.2) is 0 Å². The Kier molecular flexibility index (Phi) is 10.4. The molecule has 2 heterocycles. The molecule has 0 spiro atoms. The first-order chi connectivity index (χ1) is 15.5. The van der Waals surface area contributed by atoms with Gasteiger partial charge in [-0.3, -0.25) is 9.62 Å². The molecule has 10 heteroatoms. The van der Waals surface area contributed by atoms with Gasteiger partial charge in [0.25, 0.3) is 10.0 Å². The molecule has 0 bridgehead atoms. The molecule has 1 saturated heterocycles. The minimum absolute atomic E-state index is 0. The van der Waals surface area contributed by atoms with Crippen LogP contribution in [0.4, 0.5) is 13.9 Å². The first-order valence-electron chi connectivity index (χ1n) is 9.95. The van der Waals surface area contributed by atoms with Crippen molar-refractivity contribution in [2.75, 3.05) is 17.8 Å². The molecule has 1 aromatic heterocycles. The van der Waals surface area contributed by atoms with Crippen LogP contribution in [0, 0.1) is 11.6 Å². The zero-order valence-electron chi connectivity index (χ0n) is 17.6. The highest BCUT2D eigenvalue weighted by Crippen LogP contribution is 2.24. The van der Waals surface area contributed by atoms with E-state index in [1.54, 1.807) is 0 Å². The van der Waals surface area contributed by atoms with Crippen molar-refractivity contribution in [3.05, 3.63) is 85.2 Å². The molecule has 32 heavy (non-hydrogen) atoms. The highest BCUT2D eigenvalue weighted by atomic mass is 32.2. The number of rotatable bonds is 5. The van der Waals surface area contributed by atoms with Crippen molar-refractivity contribution < 1.29 is 18.6 Å². The predicted octanol–water partition coefficient (Wildman–Crippen LogP) is 5.34. The van der Waals surface area contributed by atoms with Crippen LogP contribution in [0.2, 0.25) is 0 Å². The van der Waals surface area contributed by atoms with Gasteiger partial charge in [-0.25, -0.2) is 22.2 Å². The van der Waals surface area contributed by atoms with Gasteiger partial charge in [-0.15, -0.1) is 13.2 Å². The molecule has 0 atom stereocenters. The zero-order valence-corrected chi connectivity index (χ0v) is 19.2. The number of nitrogens with zero attached hydrogens (tertiary/aromatic N) is 3. The Bertz CT molecular complexity index is 1020. The van der Waals surface area contributed by atoms with Gasteiger partial charge in [-0.2, -0.15) is 4.37 Å². The summed E-state index contributed by atoms with van der Waals surface area (Å²) >= 11 is 0.807. The number of piperidine rings is 1. The van der Waals surface area contributed by atoms with Gasteiger partial charge in [0, 0.05) is 25.1 Å². The smallest absolute Gasteiger partial charge is 0.266 e. The molecule has 1 fully saturated rings. The fourth-order valence-corrected chi connectivity index (χ4v) is 4.76. The number of halogens is 2. The lowest BCUT2D eigenvalue weighted by atomic mass is 10.1. The summed E-state index contributed by atoms with van der Waals surface area (Å²) in [4.78, 5) is 4.97. The van der Waals surface area contributed by atoms with Crippen LogP contribution < -0.4 is 4.72 Å². The molecular formula is C22H28F2N4O2S2. The Morgan fingerprint density at radius 2 is 1.59 bits per heavy atom. The monoisotopic (exact) mass is 482 g/mol. The number of anilines is 1. The first kappa shape index (κ1) is 25.6. The molecule has 1 aliphatic rings. The Labute approximate surface area is 193 Å². The number of aromatic nitrogens is 2. The van der Waals surface area contributed by atoms with Crippen LogP contribution in [0.25, 0.3) is 0 Å². The summed E-state index contributed by atoms with van der Waals surface area (Å²) in [7, 11) is -4.26. The summed E-state index contributed by atoms with van der Waals surface area (Å²) < 4.78 is 58.7. The maximum Gasteiger partial charge on any atom is 0.266 e. The second-order valence-electron chi connectivity index (χ2n) is 6.72. The van der Waals surface area contributed by atoms with E-state index in [-0.39, 0.29) is 18.7 Å². The predicted molar refractivity (Wildman–Crippen MR) is 126 cm³/mol. The van der Waals surface area contributed by atoms with Crippen molar-refractivity contribution in [1.29, 1.82) is 0 Å². The Morgan fingerprint density at radius 1 is 1.00 bits per heavy atom. The van der Waals surface area contributed by atoms with Crippen LogP contribution in [-0.2, 0) is 16.6 Å². The topological polar surface area (TPSA) is 75.2 Å². The number of nitrogens with one attached hydrogen (secondary N) is 1. The SMILES string of the molecule is C=C.O=S(=O)(Nc1ncns1)c1cc(F)c(CN2CCCCC2)cc1F.[HH].c1ccccc1. The van der Waals surface area contributed by atoms with Crippen LogP contribution in [0.5, 0.6) is 0 Å². The van der Waals surface area contributed by atoms with Crippen molar-refractivity contribution in [1.82, 2.24) is 14.3 Å². The third-order valence-electron chi connectivity index (χ3n) is 4.48. The van der Waals surface area contributed by atoms with Crippen molar-refractivity contribution >= 4 is 26.7 Å². The summed E-state index contributed by atoms with van der Waals surface area (Å²) in [6, 6.07) is 13.7. The van der Waals surface area contributed by atoms with E-state index in [4.69, 9.17) is 0 Å². The van der Waals surface area contributed by atoms with Gasteiger partial charge in [-0.1, -0.05) is 42.8 Å². The zero-order chi connectivity index (χ0) is 23.4. The molecule has 0 radical (unpaired) electrons. The minimum atomic E-state index is -4.26. The molecule has 4 rings (SSSR count). The lowest BCUT2D eigenvalue weighted by Crippen LogP contribution is -2.29. The van der Waals surface area contributed by atoms with Gasteiger partial charge in [0.2, 0.25) is 5.13 Å². The molecule has 3 aromatic rings. The lowest BCUT2D eigenvalue weighted by Gasteiger charge is -2.26. The molecule has 1 N–H and O–H groups in total. The van der Waals surface area contributed by atoms with E-state index < -0.39 is 26.6 Å². The van der Waals surface area contributed by atoms with E-state index in [1.807, 2.05) is 41.3 Å². The van der Waals surface area contributed by atoms with Crippen molar-refractivity contribution in [2.45, 2.75) is 30.7 Å². The first-order valence-corrected chi connectivity index (χ1v) is 12.2. The lowest BCUT2D eigenvalue weighted by molar-refractivity contribution is 0.218. The van der Waals surface area contributed by atoms with Crippen molar-refractivity contribution in [2.24, 2.45) is 0 Å². The van der Waals surface area contributed by atoms with Gasteiger partial charge in [0.1, 0.15) is 22.9 Å². The second-order valence-corrected chi connectivity index (χ2v) is 9.15. The van der Waals surface area contributed by atoms with Crippen LogP contribution in [0.1, 0.15) is 26.3 Å². The molecular weight excluding hydrogens is 454 g/mol. The van der Waals surface area contributed by atoms with Crippen LogP contribution in [0.15, 0.2) is 72.9 Å². The maximum absolute atomic E-state index is 14.3. The third-order valence-corrected chi connectivity index (χ3v) is 6.55. The van der Waals surface area contributed by atoms with Crippen LogP contribution in [0.3, 0.4) is 0 Å². The molecule has 0 aliphatic carbocycles. The Morgan fingerprint density at radius 3 is 2.12 bits per heavy atom. The average Bonchev–Trinajstić information content (AvgIpc) is 3.32. The molecule has 0 saturated carbocycles. The van der Waals surface area contributed by atoms with Gasteiger partial charge < -0.3 is 0 Å².